The lowest BCUT2D eigenvalue weighted by Crippen LogP contribution is -2.32. The van der Waals surface area contributed by atoms with Crippen molar-refractivity contribution in [3.8, 4) is 11.5 Å². The van der Waals surface area contributed by atoms with Crippen LogP contribution >= 0.6 is 11.3 Å². The maximum Gasteiger partial charge on any atom is 0.257 e. The molecule has 2 aromatic heterocycles. The van der Waals surface area contributed by atoms with Gasteiger partial charge in [-0.2, -0.15) is 0 Å². The summed E-state index contributed by atoms with van der Waals surface area (Å²) in [6, 6.07) is 11.2. The number of methoxy groups -OCH3 is 2. The van der Waals surface area contributed by atoms with E-state index in [2.05, 4.69) is 6.07 Å². The lowest BCUT2D eigenvalue weighted by molar-refractivity contribution is 0.0741. The van der Waals surface area contributed by atoms with Crippen LogP contribution in [0.2, 0.25) is 0 Å². The number of hydrogen-bond acceptors (Lipinski definition) is 5. The molecule has 1 aromatic carbocycles. The molecule has 0 aliphatic carbocycles. The third-order valence-electron chi connectivity index (χ3n) is 4.09. The van der Waals surface area contributed by atoms with Gasteiger partial charge in [0.2, 0.25) is 0 Å². The normalized spacial score (nSPS) is 10.5. The fraction of sp³-hybridized carbons (Fsp3) is 0.250. The smallest absolute Gasteiger partial charge is 0.257 e. The van der Waals surface area contributed by atoms with Crippen LogP contribution in [0.15, 0.2) is 58.7 Å². The Hall–Kier alpha value is -2.73. The van der Waals surface area contributed by atoms with E-state index in [0.717, 1.165) is 12.0 Å². The molecule has 3 rings (SSSR count). The van der Waals surface area contributed by atoms with Crippen molar-refractivity contribution in [3.63, 3.8) is 0 Å². The first-order valence-electron chi connectivity index (χ1n) is 8.26. The Morgan fingerprint density at radius 2 is 2.08 bits per heavy atom. The number of amides is 1. The molecule has 0 atom stereocenters. The van der Waals surface area contributed by atoms with E-state index < -0.39 is 0 Å². The van der Waals surface area contributed by atoms with Crippen LogP contribution in [0.25, 0.3) is 0 Å². The van der Waals surface area contributed by atoms with Crippen molar-refractivity contribution < 1.29 is 18.7 Å². The highest BCUT2D eigenvalue weighted by Crippen LogP contribution is 2.26. The minimum Gasteiger partial charge on any atom is -0.497 e. The van der Waals surface area contributed by atoms with E-state index in [-0.39, 0.29) is 5.91 Å². The molecule has 0 fully saturated rings. The zero-order valence-electron chi connectivity index (χ0n) is 14.8. The van der Waals surface area contributed by atoms with Gasteiger partial charge in [0.25, 0.3) is 5.91 Å². The fourth-order valence-corrected chi connectivity index (χ4v) is 3.40. The highest BCUT2D eigenvalue weighted by Gasteiger charge is 2.21. The quantitative estimate of drug-likeness (QED) is 0.594. The summed E-state index contributed by atoms with van der Waals surface area (Å²) >= 11 is 1.70. The van der Waals surface area contributed by atoms with Crippen molar-refractivity contribution in [2.45, 2.75) is 13.0 Å². The van der Waals surface area contributed by atoms with E-state index in [1.54, 1.807) is 56.3 Å². The molecule has 0 radical (unpaired) electrons. The molecule has 0 bridgehead atoms. The van der Waals surface area contributed by atoms with Crippen LogP contribution in [0, 0.1) is 0 Å². The molecular formula is C20H21NO4S. The molecule has 0 spiro atoms. The molecule has 0 unspecified atom stereocenters. The van der Waals surface area contributed by atoms with Crippen molar-refractivity contribution in [2.75, 3.05) is 20.8 Å². The minimum atomic E-state index is -0.0812. The Balaban J connectivity index is 1.83. The summed E-state index contributed by atoms with van der Waals surface area (Å²) in [5.74, 6) is 1.07. The maximum absolute atomic E-state index is 13.2. The van der Waals surface area contributed by atoms with Crippen LogP contribution in [0.4, 0.5) is 0 Å². The number of furan rings is 1. The summed E-state index contributed by atoms with van der Waals surface area (Å²) in [5, 5.41) is 2.05. The average molecular weight is 371 g/mol. The second kappa shape index (κ2) is 8.58. The molecule has 0 N–H and O–H groups in total. The molecule has 5 nitrogen and oxygen atoms in total. The van der Waals surface area contributed by atoms with Crippen LogP contribution in [-0.4, -0.2) is 31.6 Å². The number of rotatable bonds is 8. The lowest BCUT2D eigenvalue weighted by atomic mass is 10.1. The van der Waals surface area contributed by atoms with Crippen molar-refractivity contribution in [1.29, 1.82) is 0 Å². The van der Waals surface area contributed by atoms with Crippen molar-refractivity contribution in [3.05, 3.63) is 70.3 Å². The summed E-state index contributed by atoms with van der Waals surface area (Å²) in [4.78, 5) is 16.2. The van der Waals surface area contributed by atoms with Crippen molar-refractivity contribution in [2.24, 2.45) is 0 Å². The van der Waals surface area contributed by atoms with Gasteiger partial charge in [0.15, 0.2) is 0 Å². The van der Waals surface area contributed by atoms with Crippen molar-refractivity contribution in [1.82, 2.24) is 4.90 Å². The van der Waals surface area contributed by atoms with Crippen LogP contribution in [0.5, 0.6) is 11.5 Å². The third kappa shape index (κ3) is 4.26. The number of carbonyl (C=O) groups excluding carboxylic acids is 1. The number of hydrogen-bond donors (Lipinski definition) is 0. The molecule has 0 aliphatic rings. The van der Waals surface area contributed by atoms with Gasteiger partial charge in [-0.25, -0.2) is 0 Å². The van der Waals surface area contributed by atoms with E-state index in [1.807, 2.05) is 22.4 Å². The Bertz CT molecular complexity index is 828. The number of nitrogens with zero attached hydrogens (tertiary/aromatic N) is 1. The summed E-state index contributed by atoms with van der Waals surface area (Å²) in [6.45, 7) is 1.09. The van der Waals surface area contributed by atoms with E-state index in [4.69, 9.17) is 13.9 Å². The predicted octanol–water partition coefficient (Wildman–Crippen LogP) is 4.24. The third-order valence-corrected chi connectivity index (χ3v) is 5.02. The molecule has 2 heterocycles. The molecule has 1 amide bonds. The van der Waals surface area contributed by atoms with Crippen LogP contribution < -0.4 is 9.47 Å². The fourth-order valence-electron chi connectivity index (χ4n) is 2.70. The van der Waals surface area contributed by atoms with Gasteiger partial charge in [-0.3, -0.25) is 4.79 Å². The summed E-state index contributed by atoms with van der Waals surface area (Å²) < 4.78 is 15.8. The molecule has 3 aromatic rings. The second-order valence-electron chi connectivity index (χ2n) is 5.75. The summed E-state index contributed by atoms with van der Waals surface area (Å²) in [5.41, 5.74) is 1.47. The Labute approximate surface area is 156 Å². The van der Waals surface area contributed by atoms with Crippen LogP contribution in [0.1, 0.15) is 20.8 Å². The molecular weight excluding hydrogens is 350 g/mol. The second-order valence-corrected chi connectivity index (χ2v) is 6.79. The lowest BCUT2D eigenvalue weighted by Gasteiger charge is -2.23. The number of carbonyl (C=O) groups is 1. The van der Waals surface area contributed by atoms with E-state index in [0.29, 0.717) is 30.2 Å². The first-order valence-corrected chi connectivity index (χ1v) is 9.14. The van der Waals surface area contributed by atoms with E-state index >= 15 is 0 Å². The largest absolute Gasteiger partial charge is 0.497 e. The monoisotopic (exact) mass is 371 g/mol. The van der Waals surface area contributed by atoms with Crippen LogP contribution in [-0.2, 0) is 13.0 Å². The highest BCUT2D eigenvalue weighted by molar-refractivity contribution is 7.09. The molecule has 136 valence electrons. The van der Waals surface area contributed by atoms with Crippen LogP contribution in [0.3, 0.4) is 0 Å². The van der Waals surface area contributed by atoms with Gasteiger partial charge in [0, 0.05) is 29.6 Å². The number of benzene rings is 1. The standard InChI is InChI=1S/C20H21NO4S/c1-23-16-5-6-18(19(12-16)24-2)20(22)21(13-15-8-10-25-14-15)9-7-17-4-3-11-26-17/h3-6,8,10-12,14H,7,9,13H2,1-2H3. The SMILES string of the molecule is COc1ccc(C(=O)N(CCc2cccs2)Cc2ccoc2)c(OC)c1. The number of ether oxygens (including phenoxy) is 2. The van der Waals surface area contributed by atoms with Gasteiger partial charge in [-0.15, -0.1) is 11.3 Å². The molecule has 0 aliphatic heterocycles. The predicted molar refractivity (Wildman–Crippen MR) is 101 cm³/mol. The van der Waals surface area contributed by atoms with Gasteiger partial charge < -0.3 is 18.8 Å². The number of thiophene rings is 1. The van der Waals surface area contributed by atoms with Crippen molar-refractivity contribution >= 4 is 17.2 Å². The molecule has 6 heteroatoms. The Morgan fingerprint density at radius 3 is 2.73 bits per heavy atom. The molecule has 0 saturated carbocycles. The minimum absolute atomic E-state index is 0.0812. The highest BCUT2D eigenvalue weighted by atomic mass is 32.1. The first kappa shape index (κ1) is 18.1. The Kier molecular flexibility index (Phi) is 5.96. The maximum atomic E-state index is 13.2. The Morgan fingerprint density at radius 1 is 1.19 bits per heavy atom. The average Bonchev–Trinajstić information content (AvgIpc) is 3.37. The van der Waals surface area contributed by atoms with Gasteiger partial charge in [0.1, 0.15) is 11.5 Å². The van der Waals surface area contributed by atoms with E-state index in [1.165, 1.54) is 4.88 Å². The van der Waals surface area contributed by atoms with Gasteiger partial charge in [-0.05, 0) is 36.1 Å². The molecule has 26 heavy (non-hydrogen) atoms. The summed E-state index contributed by atoms with van der Waals surface area (Å²) in [6.07, 6.45) is 4.08. The van der Waals surface area contributed by atoms with E-state index in [9.17, 15) is 4.79 Å². The van der Waals surface area contributed by atoms with Gasteiger partial charge in [0.05, 0.1) is 32.3 Å². The zero-order valence-corrected chi connectivity index (χ0v) is 15.6. The molecule has 0 saturated heterocycles. The topological polar surface area (TPSA) is 51.9 Å². The van der Waals surface area contributed by atoms with Gasteiger partial charge >= 0.3 is 0 Å². The first-order chi connectivity index (χ1) is 12.7. The summed E-state index contributed by atoms with van der Waals surface area (Å²) in [7, 11) is 3.14. The zero-order chi connectivity index (χ0) is 18.4. The van der Waals surface area contributed by atoms with Gasteiger partial charge in [-0.1, -0.05) is 6.07 Å².